The number of nitrogens with zero attached hydrogens (tertiary/aromatic N) is 1. The number of hydrogen-bond acceptors (Lipinski definition) is 5. The van der Waals surface area contributed by atoms with Crippen molar-refractivity contribution in [2.45, 2.75) is 26.9 Å². The van der Waals surface area contributed by atoms with Crippen LogP contribution >= 0.6 is 0 Å². The Hall–Kier alpha value is -3.12. The molecule has 6 heteroatoms. The summed E-state index contributed by atoms with van der Waals surface area (Å²) in [5, 5.41) is 3.15. The van der Waals surface area contributed by atoms with Crippen LogP contribution in [0.4, 0.5) is 5.69 Å². The van der Waals surface area contributed by atoms with Crippen molar-refractivity contribution in [3.8, 4) is 5.75 Å². The van der Waals surface area contributed by atoms with E-state index >= 15 is 0 Å². The van der Waals surface area contributed by atoms with E-state index in [4.69, 9.17) is 9.47 Å². The second-order valence-electron chi connectivity index (χ2n) is 7.15. The number of hydrogen-bond donors (Lipinski definition) is 1. The number of nitrogens with one attached hydrogen (secondary N) is 1. The predicted octanol–water partition coefficient (Wildman–Crippen LogP) is 3.62. The molecule has 2 amide bonds. The van der Waals surface area contributed by atoms with Gasteiger partial charge in [0, 0.05) is 5.69 Å². The number of aryl methyl sites for hydroxylation is 1. The highest BCUT2D eigenvalue weighted by atomic mass is 16.5. The fourth-order valence-electron chi connectivity index (χ4n) is 3.08. The molecule has 2 aromatic rings. The first kappa shape index (κ1) is 20.6. The third-order valence-electron chi connectivity index (χ3n) is 4.63. The van der Waals surface area contributed by atoms with Crippen molar-refractivity contribution >= 4 is 23.1 Å². The maximum atomic E-state index is 13.1. The second-order valence-corrected chi connectivity index (χ2v) is 7.15. The zero-order chi connectivity index (χ0) is 21.0. The third kappa shape index (κ3) is 4.66. The van der Waals surface area contributed by atoms with Crippen molar-refractivity contribution in [2.75, 3.05) is 25.6 Å². The normalized spacial score (nSPS) is 14.2. The van der Waals surface area contributed by atoms with Crippen LogP contribution in [0.15, 0.2) is 54.2 Å². The highest BCUT2D eigenvalue weighted by Gasteiger charge is 2.39. The molecule has 1 aliphatic heterocycles. The third-order valence-corrected chi connectivity index (χ3v) is 4.63. The molecule has 152 valence electrons. The Kier molecular flexibility index (Phi) is 6.34. The molecule has 2 aromatic carbocycles. The Morgan fingerprint density at radius 2 is 1.62 bits per heavy atom. The summed E-state index contributed by atoms with van der Waals surface area (Å²) in [6.07, 6.45) is 0.0296. The zero-order valence-electron chi connectivity index (χ0n) is 17.2. The minimum absolute atomic E-state index is 0.0296. The number of amides is 2. The van der Waals surface area contributed by atoms with E-state index in [-0.39, 0.29) is 30.2 Å². The van der Waals surface area contributed by atoms with Gasteiger partial charge in [0.25, 0.3) is 11.8 Å². The van der Waals surface area contributed by atoms with Crippen LogP contribution < -0.4 is 10.1 Å². The predicted molar refractivity (Wildman–Crippen MR) is 113 cm³/mol. The number of carbonyl (C=O) groups is 2. The van der Waals surface area contributed by atoms with Crippen LogP contribution in [0.2, 0.25) is 0 Å². The van der Waals surface area contributed by atoms with E-state index in [0.717, 1.165) is 11.3 Å². The zero-order valence-corrected chi connectivity index (χ0v) is 17.2. The number of rotatable bonds is 8. The summed E-state index contributed by atoms with van der Waals surface area (Å²) >= 11 is 0. The van der Waals surface area contributed by atoms with Gasteiger partial charge in [0.05, 0.1) is 31.9 Å². The van der Waals surface area contributed by atoms with Gasteiger partial charge in [-0.3, -0.25) is 14.5 Å². The van der Waals surface area contributed by atoms with Crippen molar-refractivity contribution in [1.29, 1.82) is 0 Å². The SMILES string of the molecule is COc1ccc(C2=C(Nc3ccc(C)cc3)C(=O)N(CCOC(C)C)C2=O)cc1. The van der Waals surface area contributed by atoms with Gasteiger partial charge in [0.2, 0.25) is 0 Å². The van der Waals surface area contributed by atoms with Gasteiger partial charge in [-0.15, -0.1) is 0 Å². The van der Waals surface area contributed by atoms with Crippen molar-refractivity contribution < 1.29 is 19.1 Å². The molecule has 1 N–H and O–H groups in total. The van der Waals surface area contributed by atoms with Crippen LogP contribution in [0, 0.1) is 6.92 Å². The van der Waals surface area contributed by atoms with E-state index in [0.29, 0.717) is 23.5 Å². The lowest BCUT2D eigenvalue weighted by Gasteiger charge is -2.16. The lowest BCUT2D eigenvalue weighted by molar-refractivity contribution is -0.137. The molecule has 0 atom stereocenters. The summed E-state index contributed by atoms with van der Waals surface area (Å²) in [4.78, 5) is 27.4. The Bertz CT molecular complexity index is 915. The molecule has 0 spiro atoms. The molecule has 0 unspecified atom stereocenters. The van der Waals surface area contributed by atoms with E-state index in [1.165, 1.54) is 4.90 Å². The first-order valence-electron chi connectivity index (χ1n) is 9.61. The summed E-state index contributed by atoms with van der Waals surface area (Å²) < 4.78 is 10.7. The van der Waals surface area contributed by atoms with Crippen LogP contribution in [-0.4, -0.2) is 43.1 Å². The lowest BCUT2D eigenvalue weighted by Crippen LogP contribution is -2.35. The molecular formula is C23H26N2O4. The number of carbonyl (C=O) groups excluding carboxylic acids is 2. The number of anilines is 1. The lowest BCUT2D eigenvalue weighted by atomic mass is 10.0. The number of benzene rings is 2. The van der Waals surface area contributed by atoms with Gasteiger partial charge in [-0.1, -0.05) is 29.8 Å². The standard InChI is InChI=1S/C23H26N2O4/c1-15(2)29-14-13-25-22(26)20(17-7-11-19(28-4)12-8-17)21(23(25)27)24-18-9-5-16(3)6-10-18/h5-12,15,24H,13-14H2,1-4H3. The topological polar surface area (TPSA) is 67.9 Å². The number of imide groups is 1. The molecule has 0 saturated carbocycles. The molecule has 3 rings (SSSR count). The van der Waals surface area contributed by atoms with Crippen LogP contribution in [0.1, 0.15) is 25.0 Å². The summed E-state index contributed by atoms with van der Waals surface area (Å²) in [7, 11) is 1.58. The van der Waals surface area contributed by atoms with Crippen LogP contribution in [-0.2, 0) is 14.3 Å². The molecule has 0 bridgehead atoms. The summed E-state index contributed by atoms with van der Waals surface area (Å²) in [5.74, 6) is -0.00256. The summed E-state index contributed by atoms with van der Waals surface area (Å²) in [5.41, 5.74) is 3.14. The molecule has 0 aliphatic carbocycles. The minimum atomic E-state index is -0.353. The van der Waals surface area contributed by atoms with Gasteiger partial charge >= 0.3 is 0 Å². The molecule has 0 radical (unpaired) electrons. The van der Waals surface area contributed by atoms with Crippen LogP contribution in [0.5, 0.6) is 5.75 Å². The molecular weight excluding hydrogens is 368 g/mol. The molecule has 29 heavy (non-hydrogen) atoms. The highest BCUT2D eigenvalue weighted by molar-refractivity contribution is 6.36. The molecule has 1 heterocycles. The van der Waals surface area contributed by atoms with Crippen LogP contribution in [0.25, 0.3) is 5.57 Å². The van der Waals surface area contributed by atoms with Gasteiger partial charge in [0.1, 0.15) is 11.4 Å². The smallest absolute Gasteiger partial charge is 0.278 e. The molecule has 0 fully saturated rings. The Labute approximate surface area is 171 Å². The Balaban J connectivity index is 1.94. The van der Waals surface area contributed by atoms with Crippen LogP contribution in [0.3, 0.4) is 0 Å². The number of ether oxygens (including phenoxy) is 2. The van der Waals surface area contributed by atoms with Gasteiger partial charge < -0.3 is 14.8 Å². The monoisotopic (exact) mass is 394 g/mol. The van der Waals surface area contributed by atoms with Gasteiger partial charge in [0.15, 0.2) is 0 Å². The summed E-state index contributed by atoms with van der Waals surface area (Å²) in [6.45, 7) is 6.32. The fraction of sp³-hybridized carbons (Fsp3) is 0.304. The Morgan fingerprint density at radius 1 is 0.966 bits per heavy atom. The van der Waals surface area contributed by atoms with Gasteiger partial charge in [-0.25, -0.2) is 0 Å². The average molecular weight is 394 g/mol. The maximum absolute atomic E-state index is 13.1. The van der Waals surface area contributed by atoms with Crippen molar-refractivity contribution in [3.05, 3.63) is 65.4 Å². The Morgan fingerprint density at radius 3 is 2.21 bits per heavy atom. The minimum Gasteiger partial charge on any atom is -0.497 e. The highest BCUT2D eigenvalue weighted by Crippen LogP contribution is 2.31. The van der Waals surface area contributed by atoms with E-state index in [9.17, 15) is 9.59 Å². The molecule has 6 nitrogen and oxygen atoms in total. The van der Waals surface area contributed by atoms with Crippen molar-refractivity contribution in [2.24, 2.45) is 0 Å². The van der Waals surface area contributed by atoms with E-state index in [1.807, 2.05) is 45.0 Å². The number of methoxy groups -OCH3 is 1. The quantitative estimate of drug-likeness (QED) is 0.693. The van der Waals surface area contributed by atoms with E-state index < -0.39 is 0 Å². The van der Waals surface area contributed by atoms with E-state index in [2.05, 4.69) is 5.32 Å². The van der Waals surface area contributed by atoms with E-state index in [1.54, 1.807) is 31.4 Å². The average Bonchev–Trinajstić information content (AvgIpc) is 2.94. The first-order valence-corrected chi connectivity index (χ1v) is 9.61. The molecule has 0 aromatic heterocycles. The molecule has 1 aliphatic rings. The van der Waals surface area contributed by atoms with Gasteiger partial charge in [-0.05, 0) is 50.6 Å². The maximum Gasteiger partial charge on any atom is 0.278 e. The largest absolute Gasteiger partial charge is 0.497 e. The van der Waals surface area contributed by atoms with Crippen molar-refractivity contribution in [1.82, 2.24) is 4.90 Å². The summed E-state index contributed by atoms with van der Waals surface area (Å²) in [6, 6.07) is 14.8. The van der Waals surface area contributed by atoms with Crippen molar-refractivity contribution in [3.63, 3.8) is 0 Å². The molecule has 0 saturated heterocycles. The fourth-order valence-corrected chi connectivity index (χ4v) is 3.08. The van der Waals surface area contributed by atoms with Gasteiger partial charge in [-0.2, -0.15) is 0 Å². The second kappa shape index (κ2) is 8.92. The first-order chi connectivity index (χ1) is 13.9.